The first-order chi connectivity index (χ1) is 10.7. The normalized spacial score (nSPS) is 10.1. The van der Waals surface area contributed by atoms with Crippen LogP contribution in [-0.4, -0.2) is 26.7 Å². The maximum atomic E-state index is 12.0. The van der Waals surface area contributed by atoms with Gasteiger partial charge < -0.3 is 20.1 Å². The molecule has 5 heteroatoms. The van der Waals surface area contributed by atoms with Gasteiger partial charge in [-0.2, -0.15) is 0 Å². The molecule has 2 aromatic carbocycles. The predicted molar refractivity (Wildman–Crippen MR) is 86.3 cm³/mol. The van der Waals surface area contributed by atoms with E-state index < -0.39 is 0 Å². The first-order valence-corrected chi connectivity index (χ1v) is 6.99. The maximum Gasteiger partial charge on any atom is 0.238 e. The van der Waals surface area contributed by atoms with Crippen molar-refractivity contribution in [3.05, 3.63) is 54.1 Å². The first-order valence-electron chi connectivity index (χ1n) is 6.99. The summed E-state index contributed by atoms with van der Waals surface area (Å²) in [6, 6.07) is 15.2. The minimum atomic E-state index is -0.137. The van der Waals surface area contributed by atoms with Gasteiger partial charge in [0.2, 0.25) is 5.91 Å². The van der Waals surface area contributed by atoms with Crippen molar-refractivity contribution in [2.24, 2.45) is 0 Å². The highest BCUT2D eigenvalue weighted by molar-refractivity contribution is 5.93. The molecule has 0 saturated carbocycles. The molecule has 22 heavy (non-hydrogen) atoms. The molecule has 0 saturated heterocycles. The van der Waals surface area contributed by atoms with E-state index in [2.05, 4.69) is 10.6 Å². The number of ether oxygens (including phenoxy) is 2. The molecule has 0 aliphatic rings. The molecule has 5 nitrogen and oxygen atoms in total. The highest BCUT2D eigenvalue weighted by atomic mass is 16.5. The zero-order chi connectivity index (χ0) is 15.8. The van der Waals surface area contributed by atoms with Gasteiger partial charge in [-0.25, -0.2) is 0 Å². The summed E-state index contributed by atoms with van der Waals surface area (Å²) in [5.74, 6) is 1.12. The lowest BCUT2D eigenvalue weighted by molar-refractivity contribution is -0.115. The Morgan fingerprint density at radius 1 is 1.05 bits per heavy atom. The van der Waals surface area contributed by atoms with E-state index in [1.807, 2.05) is 30.3 Å². The van der Waals surface area contributed by atoms with Crippen LogP contribution in [0, 0.1) is 0 Å². The maximum absolute atomic E-state index is 12.0. The molecule has 0 spiro atoms. The molecule has 0 atom stereocenters. The van der Waals surface area contributed by atoms with E-state index in [0.29, 0.717) is 23.7 Å². The average Bonchev–Trinajstić information content (AvgIpc) is 2.55. The molecule has 0 bridgehead atoms. The molecule has 2 aromatic rings. The summed E-state index contributed by atoms with van der Waals surface area (Å²) >= 11 is 0. The van der Waals surface area contributed by atoms with Crippen LogP contribution < -0.4 is 20.1 Å². The molecule has 116 valence electrons. The van der Waals surface area contributed by atoms with Crippen molar-refractivity contribution < 1.29 is 14.3 Å². The lowest BCUT2D eigenvalue weighted by atomic mass is 10.2. The lowest BCUT2D eigenvalue weighted by Gasteiger charge is -2.12. The van der Waals surface area contributed by atoms with Gasteiger partial charge in [-0.15, -0.1) is 0 Å². The molecular weight excluding hydrogens is 280 g/mol. The number of carbonyl (C=O) groups is 1. The quantitative estimate of drug-likeness (QED) is 0.824. The van der Waals surface area contributed by atoms with Crippen LogP contribution in [0.2, 0.25) is 0 Å². The summed E-state index contributed by atoms with van der Waals surface area (Å²) in [5, 5.41) is 5.92. The molecule has 0 aromatic heterocycles. The largest absolute Gasteiger partial charge is 0.497 e. The second-order valence-electron chi connectivity index (χ2n) is 4.70. The van der Waals surface area contributed by atoms with E-state index in [0.717, 1.165) is 5.56 Å². The molecule has 2 rings (SSSR count). The number of hydrogen-bond acceptors (Lipinski definition) is 4. The number of benzene rings is 2. The van der Waals surface area contributed by atoms with Crippen molar-refractivity contribution in [1.82, 2.24) is 5.32 Å². The zero-order valence-corrected chi connectivity index (χ0v) is 12.8. The third kappa shape index (κ3) is 4.49. The second-order valence-corrected chi connectivity index (χ2v) is 4.70. The van der Waals surface area contributed by atoms with Crippen LogP contribution in [0.3, 0.4) is 0 Å². The van der Waals surface area contributed by atoms with Crippen molar-refractivity contribution in [1.29, 1.82) is 0 Å². The summed E-state index contributed by atoms with van der Waals surface area (Å²) in [4.78, 5) is 12.0. The van der Waals surface area contributed by atoms with Gasteiger partial charge in [-0.3, -0.25) is 4.79 Å². The third-order valence-electron chi connectivity index (χ3n) is 3.14. The van der Waals surface area contributed by atoms with Crippen LogP contribution in [0.4, 0.5) is 5.69 Å². The summed E-state index contributed by atoms with van der Waals surface area (Å²) in [5.41, 5.74) is 1.72. The van der Waals surface area contributed by atoms with Crippen molar-refractivity contribution in [3.63, 3.8) is 0 Å². The fourth-order valence-electron chi connectivity index (χ4n) is 2.02. The number of nitrogens with one attached hydrogen (secondary N) is 2. The van der Waals surface area contributed by atoms with E-state index in [9.17, 15) is 4.79 Å². The van der Waals surface area contributed by atoms with Gasteiger partial charge in [0.1, 0.15) is 11.5 Å². The summed E-state index contributed by atoms with van der Waals surface area (Å²) in [6.07, 6.45) is 0. The second kappa shape index (κ2) is 8.05. The van der Waals surface area contributed by atoms with Gasteiger partial charge in [0.05, 0.1) is 26.5 Å². The van der Waals surface area contributed by atoms with Crippen molar-refractivity contribution in [2.45, 2.75) is 6.54 Å². The van der Waals surface area contributed by atoms with Crippen molar-refractivity contribution in [3.8, 4) is 11.5 Å². The van der Waals surface area contributed by atoms with Crippen LogP contribution in [-0.2, 0) is 11.3 Å². The van der Waals surface area contributed by atoms with E-state index in [4.69, 9.17) is 9.47 Å². The highest BCUT2D eigenvalue weighted by Crippen LogP contribution is 2.28. The van der Waals surface area contributed by atoms with E-state index in [-0.39, 0.29) is 12.5 Å². The molecule has 0 unspecified atom stereocenters. The van der Waals surface area contributed by atoms with E-state index >= 15 is 0 Å². The Labute approximate surface area is 130 Å². The van der Waals surface area contributed by atoms with Crippen LogP contribution in [0.25, 0.3) is 0 Å². The molecule has 1 amide bonds. The van der Waals surface area contributed by atoms with Crippen LogP contribution in [0.15, 0.2) is 48.5 Å². The van der Waals surface area contributed by atoms with E-state index in [1.54, 1.807) is 32.4 Å². The fourth-order valence-corrected chi connectivity index (χ4v) is 2.02. The molecule has 0 fully saturated rings. The molecule has 0 aliphatic carbocycles. The molecule has 0 aliphatic heterocycles. The minimum Gasteiger partial charge on any atom is -0.497 e. The Morgan fingerprint density at radius 3 is 2.50 bits per heavy atom. The van der Waals surface area contributed by atoms with Gasteiger partial charge in [-0.1, -0.05) is 30.3 Å². The topological polar surface area (TPSA) is 59.6 Å². The highest BCUT2D eigenvalue weighted by Gasteiger charge is 2.08. The standard InChI is InChI=1S/C17H20N2O3/c1-21-14-8-9-16(22-2)15(10-14)19-17(20)12-18-11-13-6-4-3-5-7-13/h3-10,18H,11-12H2,1-2H3,(H,19,20). The Balaban J connectivity index is 1.89. The van der Waals surface area contributed by atoms with E-state index in [1.165, 1.54) is 0 Å². The predicted octanol–water partition coefficient (Wildman–Crippen LogP) is 2.43. The summed E-state index contributed by atoms with van der Waals surface area (Å²) in [6.45, 7) is 0.860. The van der Waals surface area contributed by atoms with Crippen molar-refractivity contribution in [2.75, 3.05) is 26.1 Å². The third-order valence-corrected chi connectivity index (χ3v) is 3.14. The van der Waals surface area contributed by atoms with Crippen LogP contribution >= 0.6 is 0 Å². The van der Waals surface area contributed by atoms with Crippen LogP contribution in [0.1, 0.15) is 5.56 Å². The summed E-state index contributed by atoms with van der Waals surface area (Å²) < 4.78 is 10.4. The smallest absolute Gasteiger partial charge is 0.238 e. The lowest BCUT2D eigenvalue weighted by Crippen LogP contribution is -2.27. The molecule has 0 radical (unpaired) electrons. The monoisotopic (exact) mass is 300 g/mol. The minimum absolute atomic E-state index is 0.137. The number of carbonyl (C=O) groups excluding carboxylic acids is 1. The molecule has 2 N–H and O–H groups in total. The Hall–Kier alpha value is -2.53. The Bertz CT molecular complexity index is 615. The average molecular weight is 300 g/mol. The van der Waals surface area contributed by atoms with Gasteiger partial charge in [-0.05, 0) is 17.7 Å². The Morgan fingerprint density at radius 2 is 1.82 bits per heavy atom. The fraction of sp³-hybridized carbons (Fsp3) is 0.235. The van der Waals surface area contributed by atoms with Gasteiger partial charge in [0.25, 0.3) is 0 Å². The SMILES string of the molecule is COc1ccc(OC)c(NC(=O)CNCc2ccccc2)c1. The zero-order valence-electron chi connectivity index (χ0n) is 12.8. The number of hydrogen-bond donors (Lipinski definition) is 2. The number of methoxy groups -OCH3 is 2. The first kappa shape index (κ1) is 15.9. The molecule has 0 heterocycles. The summed E-state index contributed by atoms with van der Waals surface area (Å²) in [7, 11) is 3.14. The number of amides is 1. The van der Waals surface area contributed by atoms with Crippen molar-refractivity contribution >= 4 is 11.6 Å². The molecular formula is C17H20N2O3. The van der Waals surface area contributed by atoms with Gasteiger partial charge >= 0.3 is 0 Å². The van der Waals surface area contributed by atoms with Crippen LogP contribution in [0.5, 0.6) is 11.5 Å². The number of rotatable bonds is 7. The van der Waals surface area contributed by atoms with Gasteiger partial charge in [0.15, 0.2) is 0 Å². The Kier molecular flexibility index (Phi) is 5.80. The number of anilines is 1. The van der Waals surface area contributed by atoms with Gasteiger partial charge in [0, 0.05) is 12.6 Å².